The van der Waals surface area contributed by atoms with E-state index >= 15 is 0 Å². The van der Waals surface area contributed by atoms with Gasteiger partial charge in [-0.15, -0.1) is 0 Å². The number of hydrogen-bond acceptors (Lipinski definition) is 4. The summed E-state index contributed by atoms with van der Waals surface area (Å²) in [5.41, 5.74) is 2.15. The predicted molar refractivity (Wildman–Crippen MR) is 72.8 cm³/mol. The Morgan fingerprint density at radius 3 is 2.84 bits per heavy atom. The number of aryl methyl sites for hydroxylation is 1. The van der Waals surface area contributed by atoms with Crippen LogP contribution in [0.4, 0.5) is 0 Å². The molecule has 0 saturated carbocycles. The zero-order chi connectivity index (χ0) is 14.3. The zero-order valence-corrected chi connectivity index (χ0v) is 11.5. The summed E-state index contributed by atoms with van der Waals surface area (Å²) in [6.45, 7) is 3.93. The number of hydrogen-bond donors (Lipinski definition) is 2. The molecule has 19 heavy (non-hydrogen) atoms. The maximum Gasteiger partial charge on any atom is 0.258 e. The Morgan fingerprint density at radius 2 is 2.26 bits per heavy atom. The van der Waals surface area contributed by atoms with Gasteiger partial charge in [0.15, 0.2) is 6.61 Å². The molecule has 1 unspecified atom stereocenters. The number of nitrogens with one attached hydrogen (secondary N) is 2. The summed E-state index contributed by atoms with van der Waals surface area (Å²) in [4.78, 5) is 11.3. The van der Waals surface area contributed by atoms with Crippen LogP contribution >= 0.6 is 0 Å². The Bertz CT molecular complexity index is 480. The van der Waals surface area contributed by atoms with Crippen LogP contribution in [0.2, 0.25) is 0 Å². The van der Waals surface area contributed by atoms with Crippen molar-refractivity contribution in [1.29, 1.82) is 5.26 Å². The average Bonchev–Trinajstić information content (AvgIpc) is 2.42. The van der Waals surface area contributed by atoms with Crippen LogP contribution in [-0.4, -0.2) is 26.1 Å². The fourth-order valence-corrected chi connectivity index (χ4v) is 1.60. The van der Waals surface area contributed by atoms with E-state index in [-0.39, 0.29) is 25.1 Å². The molecular formula is C14H19N3O2. The molecule has 0 heterocycles. The van der Waals surface area contributed by atoms with Crippen molar-refractivity contribution in [3.8, 4) is 11.8 Å². The summed E-state index contributed by atoms with van der Waals surface area (Å²) in [5.74, 6) is 0.382. The van der Waals surface area contributed by atoms with Gasteiger partial charge in [0.2, 0.25) is 0 Å². The third kappa shape index (κ3) is 4.60. The van der Waals surface area contributed by atoms with E-state index in [0.29, 0.717) is 5.75 Å². The van der Waals surface area contributed by atoms with Crippen molar-refractivity contribution in [3.63, 3.8) is 0 Å². The van der Waals surface area contributed by atoms with Gasteiger partial charge in [0.25, 0.3) is 5.91 Å². The molecule has 0 fully saturated rings. The molecule has 0 saturated heterocycles. The molecule has 1 amide bonds. The van der Waals surface area contributed by atoms with E-state index in [0.717, 1.165) is 5.56 Å². The van der Waals surface area contributed by atoms with E-state index in [4.69, 9.17) is 10.00 Å². The van der Waals surface area contributed by atoms with E-state index in [2.05, 4.69) is 17.6 Å². The molecule has 0 aromatic heterocycles. The van der Waals surface area contributed by atoms with Gasteiger partial charge in [0, 0.05) is 6.04 Å². The maximum atomic E-state index is 11.3. The molecule has 0 spiro atoms. The third-order valence-corrected chi connectivity index (χ3v) is 2.86. The second-order valence-corrected chi connectivity index (χ2v) is 4.26. The predicted octanol–water partition coefficient (Wildman–Crippen LogP) is 1.29. The molecule has 0 radical (unpaired) electrons. The minimum Gasteiger partial charge on any atom is -0.484 e. The lowest BCUT2D eigenvalue weighted by atomic mass is 10.1. The van der Waals surface area contributed by atoms with Crippen molar-refractivity contribution >= 4 is 5.91 Å². The molecule has 0 aliphatic rings. The van der Waals surface area contributed by atoms with Gasteiger partial charge in [0.05, 0.1) is 6.07 Å². The molecule has 5 nitrogen and oxygen atoms in total. The molecule has 1 aromatic rings. The summed E-state index contributed by atoms with van der Waals surface area (Å²) in [5, 5.41) is 13.9. The highest BCUT2D eigenvalue weighted by atomic mass is 16.5. The summed E-state index contributed by atoms with van der Waals surface area (Å²) in [7, 11) is 1.91. The van der Waals surface area contributed by atoms with Crippen LogP contribution < -0.4 is 15.4 Å². The third-order valence-electron chi connectivity index (χ3n) is 2.86. The Labute approximate surface area is 113 Å². The first kappa shape index (κ1) is 15.0. The molecule has 1 aromatic carbocycles. The van der Waals surface area contributed by atoms with E-state index in [1.165, 1.54) is 5.56 Å². The lowest BCUT2D eigenvalue weighted by Gasteiger charge is -2.14. The van der Waals surface area contributed by atoms with Gasteiger partial charge >= 0.3 is 0 Å². The van der Waals surface area contributed by atoms with Crippen LogP contribution in [0, 0.1) is 18.3 Å². The lowest BCUT2D eigenvalue weighted by Crippen LogP contribution is -2.29. The summed E-state index contributed by atoms with van der Waals surface area (Å²) in [6.07, 6.45) is 0. The largest absolute Gasteiger partial charge is 0.484 e. The number of nitrogens with zero attached hydrogens (tertiary/aromatic N) is 1. The number of benzene rings is 1. The quantitative estimate of drug-likeness (QED) is 0.757. The van der Waals surface area contributed by atoms with Crippen LogP contribution in [0.1, 0.15) is 24.1 Å². The number of nitriles is 1. The second kappa shape index (κ2) is 7.39. The molecular weight excluding hydrogens is 242 g/mol. The summed E-state index contributed by atoms with van der Waals surface area (Å²) in [6, 6.07) is 7.97. The number of ether oxygens (including phenoxy) is 1. The molecule has 1 rings (SSSR count). The number of carbonyl (C=O) groups excluding carboxylic acids is 1. The number of carbonyl (C=O) groups is 1. The highest BCUT2D eigenvalue weighted by molar-refractivity contribution is 5.77. The topological polar surface area (TPSA) is 74.2 Å². The normalized spacial score (nSPS) is 11.5. The van der Waals surface area contributed by atoms with Gasteiger partial charge in [-0.2, -0.15) is 5.26 Å². The molecule has 0 aliphatic heterocycles. The van der Waals surface area contributed by atoms with Gasteiger partial charge in [-0.25, -0.2) is 0 Å². The standard InChI is InChI=1S/C14H19N3O2/c1-10-8-12(11(2)16-3)4-5-13(10)19-9-14(18)17-7-6-15/h4-5,8,11,16H,7,9H2,1-3H3,(H,17,18). The molecule has 2 N–H and O–H groups in total. The highest BCUT2D eigenvalue weighted by Gasteiger charge is 2.07. The van der Waals surface area contributed by atoms with E-state index < -0.39 is 0 Å². The smallest absolute Gasteiger partial charge is 0.258 e. The Balaban J connectivity index is 2.60. The van der Waals surface area contributed by atoms with Crippen molar-refractivity contribution in [2.45, 2.75) is 19.9 Å². The number of amides is 1. The van der Waals surface area contributed by atoms with Crippen molar-refractivity contribution in [3.05, 3.63) is 29.3 Å². The first-order chi connectivity index (χ1) is 9.08. The van der Waals surface area contributed by atoms with Crippen LogP contribution in [0.25, 0.3) is 0 Å². The van der Waals surface area contributed by atoms with Crippen LogP contribution in [0.5, 0.6) is 5.75 Å². The van der Waals surface area contributed by atoms with E-state index in [1.807, 2.05) is 38.2 Å². The molecule has 1 atom stereocenters. The molecule has 0 aliphatic carbocycles. The van der Waals surface area contributed by atoms with Crippen LogP contribution in [0.15, 0.2) is 18.2 Å². The number of rotatable bonds is 6. The van der Waals surface area contributed by atoms with Crippen LogP contribution in [0.3, 0.4) is 0 Å². The van der Waals surface area contributed by atoms with Gasteiger partial charge < -0.3 is 15.4 Å². The van der Waals surface area contributed by atoms with Crippen molar-refractivity contribution in [2.24, 2.45) is 0 Å². The fourth-order valence-electron chi connectivity index (χ4n) is 1.60. The van der Waals surface area contributed by atoms with Crippen molar-refractivity contribution in [2.75, 3.05) is 20.2 Å². The van der Waals surface area contributed by atoms with Crippen molar-refractivity contribution in [1.82, 2.24) is 10.6 Å². The summed E-state index contributed by atoms with van der Waals surface area (Å²) < 4.78 is 5.42. The summed E-state index contributed by atoms with van der Waals surface area (Å²) >= 11 is 0. The lowest BCUT2D eigenvalue weighted by molar-refractivity contribution is -0.122. The zero-order valence-electron chi connectivity index (χ0n) is 11.5. The Kier molecular flexibility index (Phi) is 5.83. The van der Waals surface area contributed by atoms with Gasteiger partial charge in [-0.05, 0) is 38.1 Å². The molecule has 5 heteroatoms. The first-order valence-electron chi connectivity index (χ1n) is 6.12. The fraction of sp³-hybridized carbons (Fsp3) is 0.429. The van der Waals surface area contributed by atoms with Gasteiger partial charge in [-0.3, -0.25) is 4.79 Å². The highest BCUT2D eigenvalue weighted by Crippen LogP contribution is 2.22. The SMILES string of the molecule is CNC(C)c1ccc(OCC(=O)NCC#N)c(C)c1. The molecule has 102 valence electrons. The van der Waals surface area contributed by atoms with E-state index in [9.17, 15) is 4.79 Å². The molecule has 0 bridgehead atoms. The van der Waals surface area contributed by atoms with Gasteiger partial charge in [-0.1, -0.05) is 12.1 Å². The van der Waals surface area contributed by atoms with E-state index in [1.54, 1.807) is 0 Å². The average molecular weight is 261 g/mol. The van der Waals surface area contributed by atoms with Crippen LogP contribution in [-0.2, 0) is 4.79 Å². The Morgan fingerprint density at radius 1 is 1.53 bits per heavy atom. The minimum absolute atomic E-state index is 0.000201. The Hall–Kier alpha value is -2.06. The van der Waals surface area contributed by atoms with Crippen molar-refractivity contribution < 1.29 is 9.53 Å². The monoisotopic (exact) mass is 261 g/mol. The minimum atomic E-state index is -0.298. The second-order valence-electron chi connectivity index (χ2n) is 4.26. The van der Waals surface area contributed by atoms with Gasteiger partial charge in [0.1, 0.15) is 12.3 Å². The maximum absolute atomic E-state index is 11.3. The first-order valence-corrected chi connectivity index (χ1v) is 6.12.